The smallest absolute Gasteiger partial charge is 0.337 e. The summed E-state index contributed by atoms with van der Waals surface area (Å²) in [6, 6.07) is 17.3. The summed E-state index contributed by atoms with van der Waals surface area (Å²) in [5, 5.41) is 10.5. The first kappa shape index (κ1) is 16.0. The Hall–Kier alpha value is -2.89. The van der Waals surface area contributed by atoms with Crippen molar-refractivity contribution in [2.24, 2.45) is 10.3 Å². The van der Waals surface area contributed by atoms with E-state index in [0.29, 0.717) is 11.3 Å². The molecule has 6 heteroatoms. The second-order valence-corrected chi connectivity index (χ2v) is 5.50. The fourth-order valence-electron chi connectivity index (χ4n) is 2.58. The van der Waals surface area contributed by atoms with Gasteiger partial charge in [-0.05, 0) is 36.4 Å². The van der Waals surface area contributed by atoms with Gasteiger partial charge in [-0.25, -0.2) is 4.79 Å². The summed E-state index contributed by atoms with van der Waals surface area (Å²) in [5.74, 6) is -0.351. The van der Waals surface area contributed by atoms with Gasteiger partial charge < -0.3 is 9.64 Å². The highest BCUT2D eigenvalue weighted by Gasteiger charge is 2.15. The predicted octanol–water partition coefficient (Wildman–Crippen LogP) is 3.29. The van der Waals surface area contributed by atoms with Gasteiger partial charge in [-0.1, -0.05) is 23.4 Å². The number of esters is 1. The van der Waals surface area contributed by atoms with Crippen LogP contribution in [0.25, 0.3) is 0 Å². The second-order valence-electron chi connectivity index (χ2n) is 5.50. The number of anilines is 1. The average molecular weight is 324 g/mol. The maximum atomic E-state index is 11.4. The van der Waals surface area contributed by atoms with Crippen molar-refractivity contribution in [2.75, 3.05) is 38.2 Å². The molecule has 1 saturated heterocycles. The van der Waals surface area contributed by atoms with Crippen molar-refractivity contribution in [3.05, 3.63) is 60.2 Å². The largest absolute Gasteiger partial charge is 0.465 e. The van der Waals surface area contributed by atoms with Crippen LogP contribution < -0.4 is 4.90 Å². The van der Waals surface area contributed by atoms with Gasteiger partial charge in [-0.15, -0.1) is 5.11 Å². The Labute approximate surface area is 141 Å². The number of benzene rings is 2. The van der Waals surface area contributed by atoms with Crippen LogP contribution in [-0.4, -0.2) is 44.3 Å². The van der Waals surface area contributed by atoms with Crippen molar-refractivity contribution >= 4 is 17.3 Å². The van der Waals surface area contributed by atoms with Gasteiger partial charge in [0.05, 0.1) is 31.5 Å². The van der Waals surface area contributed by atoms with Crippen LogP contribution in [-0.2, 0) is 4.74 Å². The Morgan fingerprint density at radius 1 is 0.958 bits per heavy atom. The number of rotatable bonds is 4. The van der Waals surface area contributed by atoms with E-state index in [1.807, 2.05) is 11.1 Å². The molecule has 0 aliphatic carbocycles. The minimum atomic E-state index is -0.351. The van der Waals surface area contributed by atoms with Crippen LogP contribution in [0.1, 0.15) is 10.4 Å². The quantitative estimate of drug-likeness (QED) is 0.639. The van der Waals surface area contributed by atoms with Gasteiger partial charge in [-0.2, -0.15) is 0 Å². The van der Waals surface area contributed by atoms with Gasteiger partial charge in [0.1, 0.15) is 0 Å². The number of nitrogens with zero attached hydrogens (tertiary/aromatic N) is 4. The normalized spacial score (nSPS) is 14.9. The molecule has 1 fully saturated rings. The van der Waals surface area contributed by atoms with Crippen LogP contribution >= 0.6 is 0 Å². The second kappa shape index (κ2) is 7.59. The monoisotopic (exact) mass is 324 g/mol. The summed E-state index contributed by atoms with van der Waals surface area (Å²) in [7, 11) is 1.37. The van der Waals surface area contributed by atoms with Crippen LogP contribution in [0.2, 0.25) is 0 Å². The van der Waals surface area contributed by atoms with Crippen molar-refractivity contribution in [1.29, 1.82) is 0 Å². The highest BCUT2D eigenvalue weighted by atomic mass is 16.5. The molecule has 1 aliphatic heterocycles. The summed E-state index contributed by atoms with van der Waals surface area (Å²) in [6.45, 7) is 3.51. The highest BCUT2D eigenvalue weighted by molar-refractivity contribution is 5.89. The SMILES string of the molecule is COC(=O)c1ccc(/N=N/N2CCN(c3ccccc3)CC2)cc1. The van der Waals surface area contributed by atoms with E-state index in [9.17, 15) is 4.79 Å². The molecule has 0 atom stereocenters. The molecule has 3 rings (SSSR count). The van der Waals surface area contributed by atoms with E-state index >= 15 is 0 Å². The molecule has 124 valence electrons. The maximum Gasteiger partial charge on any atom is 0.337 e. The molecule has 1 heterocycles. The topological polar surface area (TPSA) is 57.5 Å². The number of ether oxygens (including phenoxy) is 1. The van der Waals surface area contributed by atoms with Gasteiger partial charge in [0.15, 0.2) is 0 Å². The maximum absolute atomic E-state index is 11.4. The van der Waals surface area contributed by atoms with Crippen molar-refractivity contribution in [3.8, 4) is 0 Å². The summed E-state index contributed by atoms with van der Waals surface area (Å²) in [5.41, 5.74) is 2.47. The lowest BCUT2D eigenvalue weighted by atomic mass is 10.2. The summed E-state index contributed by atoms with van der Waals surface area (Å²) < 4.78 is 4.67. The number of methoxy groups -OCH3 is 1. The van der Waals surface area contributed by atoms with Crippen LogP contribution in [0.4, 0.5) is 11.4 Å². The standard InChI is InChI=1S/C18H20N4O2/c1-24-18(23)15-7-9-16(10-8-15)19-20-22-13-11-21(12-14-22)17-5-3-2-4-6-17/h2-10H,11-14H2,1H3/b20-19+. The predicted molar refractivity (Wildman–Crippen MR) is 92.5 cm³/mol. The molecule has 24 heavy (non-hydrogen) atoms. The van der Waals surface area contributed by atoms with E-state index in [0.717, 1.165) is 26.2 Å². The van der Waals surface area contributed by atoms with Crippen molar-refractivity contribution in [3.63, 3.8) is 0 Å². The third kappa shape index (κ3) is 3.90. The van der Waals surface area contributed by atoms with Crippen LogP contribution in [0.3, 0.4) is 0 Å². The number of hydrogen-bond donors (Lipinski definition) is 0. The first-order valence-corrected chi connectivity index (χ1v) is 7.91. The fourth-order valence-corrected chi connectivity index (χ4v) is 2.58. The minimum Gasteiger partial charge on any atom is -0.465 e. The van der Waals surface area contributed by atoms with Crippen LogP contribution in [0.15, 0.2) is 64.9 Å². The van der Waals surface area contributed by atoms with Gasteiger partial charge in [0.2, 0.25) is 0 Å². The molecule has 2 aromatic rings. The van der Waals surface area contributed by atoms with Crippen molar-refractivity contribution in [2.45, 2.75) is 0 Å². The van der Waals surface area contributed by atoms with Gasteiger partial charge in [-0.3, -0.25) is 5.01 Å². The number of hydrogen-bond acceptors (Lipinski definition) is 5. The van der Waals surface area contributed by atoms with Crippen molar-refractivity contribution < 1.29 is 9.53 Å². The lowest BCUT2D eigenvalue weighted by Crippen LogP contribution is -2.43. The van der Waals surface area contributed by atoms with E-state index in [4.69, 9.17) is 0 Å². The Balaban J connectivity index is 1.54. The molecular weight excluding hydrogens is 304 g/mol. The first-order chi connectivity index (χ1) is 11.8. The molecule has 0 aromatic heterocycles. The molecule has 2 aromatic carbocycles. The molecule has 0 N–H and O–H groups in total. The molecular formula is C18H20N4O2. The number of carbonyl (C=O) groups excluding carboxylic acids is 1. The molecule has 0 unspecified atom stereocenters. The number of carbonyl (C=O) groups is 1. The van der Waals surface area contributed by atoms with E-state index < -0.39 is 0 Å². The molecule has 1 aliphatic rings. The van der Waals surface area contributed by atoms with E-state index in [2.05, 4.69) is 44.2 Å². The van der Waals surface area contributed by atoms with Gasteiger partial charge >= 0.3 is 5.97 Å². The summed E-state index contributed by atoms with van der Waals surface area (Å²) >= 11 is 0. The lowest BCUT2D eigenvalue weighted by molar-refractivity contribution is 0.0601. The zero-order chi connectivity index (χ0) is 16.8. The Bertz CT molecular complexity index is 693. The highest BCUT2D eigenvalue weighted by Crippen LogP contribution is 2.18. The zero-order valence-corrected chi connectivity index (χ0v) is 13.6. The third-order valence-corrected chi connectivity index (χ3v) is 3.95. The first-order valence-electron chi connectivity index (χ1n) is 7.91. The molecule has 0 amide bonds. The Morgan fingerprint density at radius 2 is 1.62 bits per heavy atom. The molecule has 0 saturated carbocycles. The number of para-hydroxylation sites is 1. The van der Waals surface area contributed by atoms with E-state index in [-0.39, 0.29) is 5.97 Å². The van der Waals surface area contributed by atoms with Gasteiger partial charge in [0, 0.05) is 18.8 Å². The minimum absolute atomic E-state index is 0.351. The molecule has 0 bridgehead atoms. The van der Waals surface area contributed by atoms with Crippen LogP contribution in [0.5, 0.6) is 0 Å². The van der Waals surface area contributed by atoms with Gasteiger partial charge in [0.25, 0.3) is 0 Å². The summed E-state index contributed by atoms with van der Waals surface area (Å²) in [4.78, 5) is 13.7. The number of piperazine rings is 1. The lowest BCUT2D eigenvalue weighted by Gasteiger charge is -2.33. The van der Waals surface area contributed by atoms with E-state index in [1.54, 1.807) is 24.3 Å². The van der Waals surface area contributed by atoms with E-state index in [1.165, 1.54) is 12.8 Å². The molecule has 0 radical (unpaired) electrons. The Kier molecular flexibility index (Phi) is 5.05. The average Bonchev–Trinajstić information content (AvgIpc) is 2.67. The molecule has 0 spiro atoms. The molecule has 6 nitrogen and oxygen atoms in total. The Morgan fingerprint density at radius 3 is 2.25 bits per heavy atom. The zero-order valence-electron chi connectivity index (χ0n) is 13.6. The van der Waals surface area contributed by atoms with Crippen LogP contribution in [0, 0.1) is 0 Å². The summed E-state index contributed by atoms with van der Waals surface area (Å²) in [6.07, 6.45) is 0. The van der Waals surface area contributed by atoms with Crippen molar-refractivity contribution in [1.82, 2.24) is 5.01 Å². The fraction of sp³-hybridized carbons (Fsp3) is 0.278. The third-order valence-electron chi connectivity index (χ3n) is 3.95.